The number of hydrogen-bond donors (Lipinski definition) is 2. The first-order valence-electron chi connectivity index (χ1n) is 12.3. The molecule has 0 aliphatic rings. The molecule has 0 spiro atoms. The largest absolute Gasteiger partial charge is 0.322 e. The maximum atomic E-state index is 13.1. The van der Waals surface area contributed by atoms with Crippen molar-refractivity contribution >= 4 is 29.0 Å². The maximum Gasteiger partial charge on any atom is 0.256 e. The molecule has 0 radical (unpaired) electrons. The van der Waals surface area contributed by atoms with Gasteiger partial charge in [-0.2, -0.15) is 5.10 Å². The van der Waals surface area contributed by atoms with E-state index in [0.29, 0.717) is 28.1 Å². The number of carbonyl (C=O) groups is 3. The molecule has 0 unspecified atom stereocenters. The number of amides is 2. The summed E-state index contributed by atoms with van der Waals surface area (Å²) in [5.74, 6) is -0.956. The Morgan fingerprint density at radius 1 is 0.784 bits per heavy atom. The van der Waals surface area contributed by atoms with Crippen LogP contribution in [0.1, 0.15) is 67.8 Å². The quantitative estimate of drug-likeness (QED) is 0.278. The molecule has 1 heterocycles. The summed E-state index contributed by atoms with van der Waals surface area (Å²) in [6.45, 7) is 6.74. The highest BCUT2D eigenvalue weighted by Crippen LogP contribution is 2.22. The number of nitrogens with one attached hydrogen (secondary N) is 2. The van der Waals surface area contributed by atoms with Gasteiger partial charge in [0.25, 0.3) is 11.8 Å². The lowest BCUT2D eigenvalue weighted by atomic mass is 9.98. The topological polar surface area (TPSA) is 93.1 Å². The zero-order valence-electron chi connectivity index (χ0n) is 21.2. The summed E-state index contributed by atoms with van der Waals surface area (Å²) in [4.78, 5) is 39.2. The van der Waals surface area contributed by atoms with E-state index in [9.17, 15) is 14.4 Å². The fraction of sp³-hybridized carbons (Fsp3) is 0.200. The van der Waals surface area contributed by atoms with E-state index in [1.54, 1.807) is 72.8 Å². The normalized spacial score (nSPS) is 10.7. The molecule has 188 valence electrons. The molecule has 0 fully saturated rings. The van der Waals surface area contributed by atoms with Gasteiger partial charge < -0.3 is 10.6 Å². The molecule has 3 aromatic carbocycles. The third kappa shape index (κ3) is 5.83. The minimum Gasteiger partial charge on any atom is -0.322 e. The van der Waals surface area contributed by atoms with Gasteiger partial charge in [0.1, 0.15) is 0 Å². The lowest BCUT2D eigenvalue weighted by molar-refractivity contribution is 0.0996. The van der Waals surface area contributed by atoms with E-state index in [-0.39, 0.29) is 17.3 Å². The van der Waals surface area contributed by atoms with Gasteiger partial charge in [-0.3, -0.25) is 19.1 Å². The SMILES string of the molecule is CCCCn1nc(C)c(NC(=O)c2cccc(NC(=O)c3ccccc3C(=O)c3ccccc3)c2)c1C. The molecule has 2 amide bonds. The van der Waals surface area contributed by atoms with Crippen molar-refractivity contribution in [3.05, 3.63) is 113 Å². The third-order valence-electron chi connectivity index (χ3n) is 6.18. The van der Waals surface area contributed by atoms with Gasteiger partial charge in [-0.25, -0.2) is 0 Å². The lowest BCUT2D eigenvalue weighted by Gasteiger charge is -2.11. The fourth-order valence-corrected chi connectivity index (χ4v) is 4.15. The van der Waals surface area contributed by atoms with E-state index in [0.717, 1.165) is 30.8 Å². The monoisotopic (exact) mass is 494 g/mol. The van der Waals surface area contributed by atoms with Gasteiger partial charge in [-0.05, 0) is 44.5 Å². The van der Waals surface area contributed by atoms with E-state index in [2.05, 4.69) is 22.7 Å². The second-order valence-electron chi connectivity index (χ2n) is 8.85. The van der Waals surface area contributed by atoms with Crippen molar-refractivity contribution in [2.75, 3.05) is 10.6 Å². The number of nitrogens with zero attached hydrogens (tertiary/aromatic N) is 2. The van der Waals surface area contributed by atoms with E-state index in [1.807, 2.05) is 24.6 Å². The van der Waals surface area contributed by atoms with Crippen LogP contribution in [0, 0.1) is 13.8 Å². The van der Waals surface area contributed by atoms with Gasteiger partial charge in [0.05, 0.1) is 22.6 Å². The molecule has 4 aromatic rings. The molecule has 0 bridgehead atoms. The highest BCUT2D eigenvalue weighted by Gasteiger charge is 2.19. The van der Waals surface area contributed by atoms with Crippen LogP contribution in [0.4, 0.5) is 11.4 Å². The number of rotatable bonds is 9. The Balaban J connectivity index is 1.51. The van der Waals surface area contributed by atoms with Crippen LogP contribution in [0.3, 0.4) is 0 Å². The maximum absolute atomic E-state index is 13.1. The minimum atomic E-state index is -0.429. The number of hydrogen-bond acceptors (Lipinski definition) is 4. The van der Waals surface area contributed by atoms with Gasteiger partial charge in [0, 0.05) is 28.9 Å². The number of aromatic nitrogens is 2. The minimum absolute atomic E-state index is 0.232. The van der Waals surface area contributed by atoms with E-state index in [4.69, 9.17) is 0 Å². The standard InChI is InChI=1S/C30H30N4O3/c1-4-5-18-34-21(3)27(20(2)33-34)32-29(36)23-14-11-15-24(19-23)31-30(37)26-17-10-9-16-25(26)28(35)22-12-7-6-8-13-22/h6-17,19H,4-5,18H2,1-3H3,(H,31,37)(H,32,36). The van der Waals surface area contributed by atoms with Crippen LogP contribution in [0.5, 0.6) is 0 Å². The lowest BCUT2D eigenvalue weighted by Crippen LogP contribution is -2.18. The number of aryl methyl sites for hydroxylation is 2. The molecule has 0 saturated heterocycles. The second kappa shape index (κ2) is 11.5. The number of carbonyl (C=O) groups excluding carboxylic acids is 3. The summed E-state index contributed by atoms with van der Waals surface area (Å²) in [7, 11) is 0. The van der Waals surface area contributed by atoms with Gasteiger partial charge in [0.2, 0.25) is 0 Å². The van der Waals surface area contributed by atoms with Gasteiger partial charge in [-0.15, -0.1) is 0 Å². The molecule has 0 atom stereocenters. The van der Waals surface area contributed by atoms with Crippen molar-refractivity contribution in [3.8, 4) is 0 Å². The molecule has 7 nitrogen and oxygen atoms in total. The molecule has 4 rings (SSSR count). The summed E-state index contributed by atoms with van der Waals surface area (Å²) in [5.41, 5.74) is 4.28. The van der Waals surface area contributed by atoms with Crippen molar-refractivity contribution in [2.45, 2.75) is 40.2 Å². The van der Waals surface area contributed by atoms with E-state index < -0.39 is 5.91 Å². The van der Waals surface area contributed by atoms with E-state index >= 15 is 0 Å². The van der Waals surface area contributed by atoms with Crippen molar-refractivity contribution in [1.29, 1.82) is 0 Å². The summed E-state index contributed by atoms with van der Waals surface area (Å²) in [5, 5.41) is 10.3. The molecular formula is C30H30N4O3. The van der Waals surface area contributed by atoms with Crippen molar-refractivity contribution in [2.24, 2.45) is 0 Å². The molecule has 7 heteroatoms. The number of unbranched alkanes of at least 4 members (excludes halogenated alkanes) is 1. The third-order valence-corrected chi connectivity index (χ3v) is 6.18. The Hall–Kier alpha value is -4.52. The molecule has 1 aromatic heterocycles. The first-order chi connectivity index (χ1) is 17.9. The fourth-order valence-electron chi connectivity index (χ4n) is 4.15. The number of ketones is 1. The highest BCUT2D eigenvalue weighted by molar-refractivity contribution is 6.17. The Labute approximate surface area is 216 Å². The smallest absolute Gasteiger partial charge is 0.256 e. The predicted molar refractivity (Wildman–Crippen MR) is 145 cm³/mol. The predicted octanol–water partition coefficient (Wildman–Crippen LogP) is 6.04. The summed E-state index contributed by atoms with van der Waals surface area (Å²) >= 11 is 0. The van der Waals surface area contributed by atoms with Gasteiger partial charge in [0.15, 0.2) is 5.78 Å². The van der Waals surface area contributed by atoms with Gasteiger partial charge in [-0.1, -0.05) is 67.9 Å². The van der Waals surface area contributed by atoms with Gasteiger partial charge >= 0.3 is 0 Å². The van der Waals surface area contributed by atoms with Crippen LogP contribution in [-0.2, 0) is 6.54 Å². The van der Waals surface area contributed by atoms with Crippen molar-refractivity contribution in [1.82, 2.24) is 9.78 Å². The number of benzene rings is 3. The van der Waals surface area contributed by atoms with Crippen LogP contribution in [-0.4, -0.2) is 27.4 Å². The summed E-state index contributed by atoms with van der Waals surface area (Å²) < 4.78 is 1.92. The summed E-state index contributed by atoms with van der Waals surface area (Å²) in [6, 6.07) is 22.2. The molecule has 0 aliphatic heterocycles. The molecule has 0 aliphatic carbocycles. The zero-order valence-corrected chi connectivity index (χ0v) is 21.2. The Bertz CT molecular complexity index is 1440. The number of anilines is 2. The van der Waals surface area contributed by atoms with Crippen LogP contribution in [0.15, 0.2) is 78.9 Å². The highest BCUT2D eigenvalue weighted by atomic mass is 16.2. The first kappa shape index (κ1) is 25.6. The van der Waals surface area contributed by atoms with Crippen LogP contribution < -0.4 is 10.6 Å². The molecular weight excluding hydrogens is 464 g/mol. The molecule has 2 N–H and O–H groups in total. The Morgan fingerprint density at radius 3 is 2.19 bits per heavy atom. The average molecular weight is 495 g/mol. The van der Waals surface area contributed by atoms with Crippen LogP contribution >= 0.6 is 0 Å². The molecule has 0 saturated carbocycles. The first-order valence-corrected chi connectivity index (χ1v) is 12.3. The summed E-state index contributed by atoms with van der Waals surface area (Å²) in [6.07, 6.45) is 2.07. The Morgan fingerprint density at radius 2 is 1.46 bits per heavy atom. The van der Waals surface area contributed by atoms with Crippen molar-refractivity contribution in [3.63, 3.8) is 0 Å². The average Bonchev–Trinajstić information content (AvgIpc) is 3.19. The zero-order chi connectivity index (χ0) is 26.4. The van der Waals surface area contributed by atoms with Crippen LogP contribution in [0.25, 0.3) is 0 Å². The van der Waals surface area contributed by atoms with E-state index in [1.165, 1.54) is 0 Å². The van der Waals surface area contributed by atoms with Crippen molar-refractivity contribution < 1.29 is 14.4 Å². The molecule has 37 heavy (non-hydrogen) atoms. The Kier molecular flexibility index (Phi) is 7.93. The van der Waals surface area contributed by atoms with Crippen LogP contribution in [0.2, 0.25) is 0 Å². The second-order valence-corrected chi connectivity index (χ2v) is 8.85.